The smallest absolute Gasteiger partial charge is 0.264 e. The van der Waals surface area contributed by atoms with E-state index in [9.17, 15) is 12.6 Å². The van der Waals surface area contributed by atoms with Gasteiger partial charge in [-0.25, -0.2) is 4.21 Å². The van der Waals surface area contributed by atoms with Crippen molar-refractivity contribution in [1.29, 1.82) is 0 Å². The van der Waals surface area contributed by atoms with Crippen LogP contribution in [-0.4, -0.2) is 33.2 Å². The molecule has 8 heteroatoms. The molecule has 2 N–H and O–H groups in total. The Balaban J connectivity index is 3.62. The molecule has 0 saturated heterocycles. The molecule has 0 amide bonds. The van der Waals surface area contributed by atoms with E-state index in [0.717, 1.165) is 0 Å². The van der Waals surface area contributed by atoms with Gasteiger partial charge in [-0.15, -0.1) is 0 Å². The molecule has 12 heavy (non-hydrogen) atoms. The largest absolute Gasteiger partial charge is 0.306 e. The Morgan fingerprint density at radius 3 is 1.75 bits per heavy atom. The van der Waals surface area contributed by atoms with Gasteiger partial charge in [-0.1, -0.05) is 0 Å². The average Bonchev–Trinajstić information content (AvgIpc) is 1.76. The summed E-state index contributed by atoms with van der Waals surface area (Å²) in [5, 5.41) is 0. The van der Waals surface area contributed by atoms with Gasteiger partial charge in [0.1, 0.15) is 8.77 Å². The van der Waals surface area contributed by atoms with Crippen LogP contribution in [0.15, 0.2) is 0 Å². The van der Waals surface area contributed by atoms with Crippen molar-refractivity contribution in [2.45, 2.75) is 12.8 Å². The topological polar surface area (TPSA) is 91.7 Å². The zero-order chi connectivity index (χ0) is 9.83. The first-order valence-electron chi connectivity index (χ1n) is 3.11. The van der Waals surface area contributed by atoms with Gasteiger partial charge in [0.2, 0.25) is 0 Å². The highest BCUT2D eigenvalue weighted by Crippen LogP contribution is 1.97. The van der Waals surface area contributed by atoms with Crippen LogP contribution >= 0.6 is 0 Å². The normalized spacial score (nSPS) is 17.2. The monoisotopic (exact) mass is 234 g/mol. The van der Waals surface area contributed by atoms with Crippen LogP contribution in [-0.2, 0) is 30.1 Å². The molecule has 5 nitrogen and oxygen atoms in total. The molecule has 0 saturated carbocycles. The maximum absolute atomic E-state index is 10.5. The molecule has 0 spiro atoms. The van der Waals surface area contributed by atoms with Gasteiger partial charge >= 0.3 is 0 Å². The third-order valence-electron chi connectivity index (χ3n) is 1.05. The fourth-order valence-electron chi connectivity index (χ4n) is 0.569. The van der Waals surface area contributed by atoms with Crippen LogP contribution in [0.4, 0.5) is 0 Å². The Bertz CT molecular complexity index is 279. The van der Waals surface area contributed by atoms with Crippen molar-refractivity contribution in [3.8, 4) is 0 Å². The SMILES string of the molecule is O=S(=O)(O)CCCCS(=O)(O)=S. The first kappa shape index (κ1) is 12.2. The van der Waals surface area contributed by atoms with Crippen LogP contribution in [0.1, 0.15) is 12.8 Å². The minimum Gasteiger partial charge on any atom is -0.306 e. The van der Waals surface area contributed by atoms with E-state index in [2.05, 4.69) is 11.2 Å². The van der Waals surface area contributed by atoms with Crippen LogP contribution in [0.2, 0.25) is 0 Å². The Kier molecular flexibility index (Phi) is 4.56. The van der Waals surface area contributed by atoms with Crippen LogP contribution in [0.25, 0.3) is 0 Å². The summed E-state index contributed by atoms with van der Waals surface area (Å²) in [5.41, 5.74) is 0. The zero-order valence-corrected chi connectivity index (χ0v) is 8.62. The van der Waals surface area contributed by atoms with Crippen LogP contribution in [0.3, 0.4) is 0 Å². The highest BCUT2D eigenvalue weighted by molar-refractivity contribution is 8.29. The quantitative estimate of drug-likeness (QED) is 0.509. The van der Waals surface area contributed by atoms with Crippen molar-refractivity contribution in [2.75, 3.05) is 11.5 Å². The standard InChI is InChI=1S/C4H10O5S3/c5-11(6,7)3-1-2-4-12(8,9)10/h1-4H2,(H,5,6,7)(H,8,9,10). The molecule has 0 heterocycles. The number of unbranched alkanes of at least 4 members (excludes halogenated alkanes) is 1. The van der Waals surface area contributed by atoms with Crippen molar-refractivity contribution in [3.05, 3.63) is 0 Å². The third-order valence-corrected chi connectivity index (χ3v) is 3.16. The van der Waals surface area contributed by atoms with E-state index in [1.165, 1.54) is 0 Å². The maximum Gasteiger partial charge on any atom is 0.264 e. The van der Waals surface area contributed by atoms with Crippen LogP contribution in [0.5, 0.6) is 0 Å². The fraction of sp³-hybridized carbons (Fsp3) is 1.00. The number of rotatable bonds is 5. The first-order chi connectivity index (χ1) is 5.21. The van der Waals surface area contributed by atoms with Crippen molar-refractivity contribution < 1.29 is 21.7 Å². The first-order valence-corrected chi connectivity index (χ1v) is 7.33. The molecule has 0 rings (SSSR count). The molecule has 0 aliphatic rings. The van der Waals surface area contributed by atoms with Gasteiger partial charge in [0.05, 0.1) is 5.75 Å². The summed E-state index contributed by atoms with van der Waals surface area (Å²) in [4.78, 5) is 0. The highest BCUT2D eigenvalue weighted by atomic mass is 32.8. The maximum atomic E-state index is 10.5. The van der Waals surface area contributed by atoms with E-state index >= 15 is 0 Å². The Labute approximate surface area is 76.4 Å². The molecule has 0 aromatic heterocycles. The second-order valence-electron chi connectivity index (χ2n) is 2.28. The van der Waals surface area contributed by atoms with Gasteiger partial charge in [0.25, 0.3) is 10.1 Å². The molecule has 0 aliphatic carbocycles. The molecule has 1 atom stereocenters. The van der Waals surface area contributed by atoms with Gasteiger partial charge in [0.15, 0.2) is 0 Å². The third kappa shape index (κ3) is 10.2. The van der Waals surface area contributed by atoms with E-state index < -0.39 is 24.6 Å². The molecule has 0 aliphatic heterocycles. The molecule has 1 unspecified atom stereocenters. The van der Waals surface area contributed by atoms with E-state index in [1.807, 2.05) is 0 Å². The molecule has 0 bridgehead atoms. The predicted molar refractivity (Wildman–Crippen MR) is 48.7 cm³/mol. The van der Waals surface area contributed by atoms with Gasteiger partial charge in [0, 0.05) is 16.9 Å². The summed E-state index contributed by atoms with van der Waals surface area (Å²) in [5.74, 6) is -0.504. The van der Waals surface area contributed by atoms with E-state index in [-0.39, 0.29) is 18.6 Å². The highest BCUT2D eigenvalue weighted by Gasteiger charge is 2.05. The summed E-state index contributed by atoms with van der Waals surface area (Å²) < 4.78 is 47.6. The van der Waals surface area contributed by atoms with E-state index in [1.54, 1.807) is 0 Å². The Hall–Kier alpha value is 0.240. The second-order valence-corrected chi connectivity index (χ2v) is 6.99. The minimum absolute atomic E-state index is 0.113. The fourth-order valence-corrected chi connectivity index (χ4v) is 2.06. The Morgan fingerprint density at radius 2 is 1.42 bits per heavy atom. The van der Waals surface area contributed by atoms with Crippen molar-refractivity contribution in [2.24, 2.45) is 0 Å². The van der Waals surface area contributed by atoms with Crippen molar-refractivity contribution in [1.82, 2.24) is 0 Å². The number of hydrogen-bond acceptors (Lipinski definition) is 4. The van der Waals surface area contributed by atoms with Crippen molar-refractivity contribution >= 4 is 30.1 Å². The van der Waals surface area contributed by atoms with E-state index in [4.69, 9.17) is 9.11 Å². The van der Waals surface area contributed by atoms with Crippen LogP contribution < -0.4 is 0 Å². The minimum atomic E-state index is -3.95. The predicted octanol–water partition coefficient (Wildman–Crippen LogP) is -0.126. The lowest BCUT2D eigenvalue weighted by Crippen LogP contribution is -2.07. The number of hydrogen-bond donors (Lipinski definition) is 2. The van der Waals surface area contributed by atoms with Gasteiger partial charge in [-0.3, -0.25) is 4.55 Å². The van der Waals surface area contributed by atoms with Gasteiger partial charge in [-0.05, 0) is 12.8 Å². The lowest BCUT2D eigenvalue weighted by atomic mass is 10.4. The Morgan fingerprint density at radius 1 is 1.00 bits per heavy atom. The molecule has 0 radical (unpaired) electrons. The zero-order valence-electron chi connectivity index (χ0n) is 6.17. The lowest BCUT2D eigenvalue weighted by Gasteiger charge is -1.98. The molecule has 0 aromatic rings. The average molecular weight is 234 g/mol. The van der Waals surface area contributed by atoms with E-state index in [0.29, 0.717) is 0 Å². The summed E-state index contributed by atoms with van der Waals surface area (Å²) in [6.07, 6.45) is 0.367. The molecule has 0 aromatic carbocycles. The molecule has 0 fully saturated rings. The second kappa shape index (κ2) is 4.47. The van der Waals surface area contributed by atoms with Crippen LogP contribution in [0, 0.1) is 0 Å². The summed E-state index contributed by atoms with van der Waals surface area (Å²) >= 11 is 4.16. The molecular formula is C4H10O5S3. The molecule has 74 valence electrons. The summed E-state index contributed by atoms with van der Waals surface area (Å²) in [7, 11) is -7.14. The van der Waals surface area contributed by atoms with Crippen molar-refractivity contribution in [3.63, 3.8) is 0 Å². The lowest BCUT2D eigenvalue weighted by molar-refractivity contribution is 0.480. The molecular weight excluding hydrogens is 224 g/mol. The van der Waals surface area contributed by atoms with Gasteiger partial charge in [-0.2, -0.15) is 8.42 Å². The summed E-state index contributed by atoms with van der Waals surface area (Å²) in [6, 6.07) is 0. The van der Waals surface area contributed by atoms with Gasteiger partial charge < -0.3 is 4.55 Å². The summed E-state index contributed by atoms with van der Waals surface area (Å²) in [6.45, 7) is 0.